The van der Waals surface area contributed by atoms with Crippen LogP contribution in [0.15, 0.2) is 0 Å². The maximum atomic E-state index is 11.8. The first-order chi connectivity index (χ1) is 17.7. The summed E-state index contributed by atoms with van der Waals surface area (Å²) >= 11 is 0. The zero-order chi connectivity index (χ0) is 27.4. The van der Waals surface area contributed by atoms with Crippen LogP contribution in [0, 0.1) is 57.7 Å². The summed E-state index contributed by atoms with van der Waals surface area (Å²) in [7, 11) is 0. The second kappa shape index (κ2) is 9.15. The van der Waals surface area contributed by atoms with Gasteiger partial charge in [-0.05, 0) is 125 Å². The first-order valence-corrected chi connectivity index (χ1v) is 16.1. The van der Waals surface area contributed by atoms with Gasteiger partial charge in [-0.15, -0.1) is 0 Å². The molecule has 0 amide bonds. The van der Waals surface area contributed by atoms with Crippen LogP contribution in [-0.4, -0.2) is 46.7 Å². The topological polar surface area (TPSA) is 68.2 Å². The zero-order valence-corrected chi connectivity index (χ0v) is 25.4. The lowest BCUT2D eigenvalue weighted by Crippen LogP contribution is -2.60. The van der Waals surface area contributed by atoms with Gasteiger partial charge in [-0.25, -0.2) is 0 Å². The molecule has 1 heterocycles. The molecule has 5 nitrogen and oxygen atoms in total. The summed E-state index contributed by atoms with van der Waals surface area (Å²) in [5, 5.41) is 23.2. The fourth-order valence-electron chi connectivity index (χ4n) is 11.3. The Labute approximate surface area is 231 Å². The Morgan fingerprint density at radius 1 is 0.895 bits per heavy atom. The number of ether oxygens (including phenoxy) is 3. The second-order valence-electron chi connectivity index (χ2n) is 16.6. The van der Waals surface area contributed by atoms with E-state index in [0.29, 0.717) is 24.2 Å². The Balaban J connectivity index is 1.17. The molecule has 9 unspecified atom stereocenters. The van der Waals surface area contributed by atoms with Crippen LogP contribution in [0.1, 0.15) is 113 Å². The van der Waals surface area contributed by atoms with E-state index in [-0.39, 0.29) is 35.1 Å². The van der Waals surface area contributed by atoms with Crippen LogP contribution in [0.25, 0.3) is 0 Å². The van der Waals surface area contributed by atoms with Crippen LogP contribution < -0.4 is 0 Å². The Kier molecular flexibility index (Phi) is 6.73. The van der Waals surface area contributed by atoms with Crippen molar-refractivity contribution in [3.63, 3.8) is 0 Å². The third-order valence-corrected chi connectivity index (χ3v) is 13.4. The molecule has 7 rings (SSSR count). The standard InChI is InChI=1S/C33H56O5/c1-18(2)13-31(8,19(3)4)20(5)36-26-24-12-25-27(26)37-28(34)33(25,17-24)29(35)38-30(6,7)32-14-21-9-22(15-32)11-23(10-21)16-32/h18-29,34-35H,9-17H2,1-8H3. The molecule has 6 saturated carbocycles. The van der Waals surface area contributed by atoms with E-state index in [1.807, 2.05) is 0 Å². The minimum absolute atomic E-state index is 0.0196. The van der Waals surface area contributed by atoms with Crippen molar-refractivity contribution in [1.29, 1.82) is 0 Å². The van der Waals surface area contributed by atoms with Crippen molar-refractivity contribution in [2.24, 2.45) is 57.7 Å². The molecule has 9 atom stereocenters. The van der Waals surface area contributed by atoms with E-state index in [9.17, 15) is 10.2 Å². The summed E-state index contributed by atoms with van der Waals surface area (Å²) in [6, 6.07) is 0. The first-order valence-electron chi connectivity index (χ1n) is 16.1. The van der Waals surface area contributed by atoms with Gasteiger partial charge >= 0.3 is 0 Å². The van der Waals surface area contributed by atoms with E-state index in [0.717, 1.165) is 30.6 Å². The normalized spacial score (nSPS) is 48.3. The maximum absolute atomic E-state index is 11.8. The predicted octanol–water partition coefficient (Wildman–Crippen LogP) is 6.54. The fraction of sp³-hybridized carbons (Fsp3) is 1.00. The number of fused-ring (bicyclic) bond motifs is 1. The third-order valence-electron chi connectivity index (χ3n) is 13.4. The smallest absolute Gasteiger partial charge is 0.166 e. The monoisotopic (exact) mass is 532 g/mol. The van der Waals surface area contributed by atoms with Gasteiger partial charge in [0.2, 0.25) is 0 Å². The Morgan fingerprint density at radius 2 is 1.47 bits per heavy atom. The van der Waals surface area contributed by atoms with Gasteiger partial charge in [0.25, 0.3) is 0 Å². The Morgan fingerprint density at radius 3 is 2.00 bits per heavy atom. The second-order valence-corrected chi connectivity index (χ2v) is 16.6. The zero-order valence-electron chi connectivity index (χ0n) is 25.4. The lowest BCUT2D eigenvalue weighted by Gasteiger charge is -2.62. The molecule has 0 spiro atoms. The van der Waals surface area contributed by atoms with Gasteiger partial charge in [-0.2, -0.15) is 0 Å². The van der Waals surface area contributed by atoms with E-state index in [4.69, 9.17) is 14.2 Å². The molecule has 1 saturated heterocycles. The number of rotatable bonds is 10. The van der Waals surface area contributed by atoms with Gasteiger partial charge in [0, 0.05) is 5.92 Å². The third kappa shape index (κ3) is 3.95. The molecule has 6 aliphatic carbocycles. The van der Waals surface area contributed by atoms with E-state index >= 15 is 0 Å². The van der Waals surface area contributed by atoms with Crippen molar-refractivity contribution in [2.45, 2.75) is 150 Å². The molecule has 7 aliphatic rings. The number of hydrogen-bond donors (Lipinski definition) is 2. The summed E-state index contributed by atoms with van der Waals surface area (Å²) in [4.78, 5) is 0. The highest BCUT2D eigenvalue weighted by molar-refractivity contribution is 5.17. The molecule has 6 bridgehead atoms. The summed E-state index contributed by atoms with van der Waals surface area (Å²) in [6.07, 6.45) is 8.57. The molecule has 0 aromatic rings. The van der Waals surface area contributed by atoms with E-state index in [1.165, 1.54) is 38.5 Å². The van der Waals surface area contributed by atoms with Crippen molar-refractivity contribution in [1.82, 2.24) is 0 Å². The molecule has 0 aromatic carbocycles. The Bertz CT molecular complexity index is 863. The van der Waals surface area contributed by atoms with Gasteiger partial charge in [0.15, 0.2) is 12.6 Å². The van der Waals surface area contributed by atoms with Gasteiger partial charge in [-0.3, -0.25) is 0 Å². The minimum atomic E-state index is -1.01. The molecule has 7 fully saturated rings. The average Bonchev–Trinajstić information content (AvgIpc) is 3.40. The summed E-state index contributed by atoms with van der Waals surface area (Å²) in [6.45, 7) is 18.3. The van der Waals surface area contributed by atoms with Crippen molar-refractivity contribution >= 4 is 0 Å². The molecule has 0 aromatic heterocycles. The van der Waals surface area contributed by atoms with E-state index in [1.54, 1.807) is 0 Å². The maximum Gasteiger partial charge on any atom is 0.166 e. The molecule has 218 valence electrons. The predicted molar refractivity (Wildman–Crippen MR) is 148 cm³/mol. The summed E-state index contributed by atoms with van der Waals surface area (Å²) in [5.74, 6) is 3.99. The fourth-order valence-corrected chi connectivity index (χ4v) is 11.3. The lowest BCUT2D eigenvalue weighted by molar-refractivity contribution is -0.305. The number of aliphatic hydroxyl groups is 2. The average molecular weight is 533 g/mol. The van der Waals surface area contributed by atoms with Crippen LogP contribution in [-0.2, 0) is 14.2 Å². The molecule has 2 N–H and O–H groups in total. The van der Waals surface area contributed by atoms with Gasteiger partial charge < -0.3 is 24.4 Å². The van der Waals surface area contributed by atoms with Crippen LogP contribution >= 0.6 is 0 Å². The highest BCUT2D eigenvalue weighted by Crippen LogP contribution is 2.68. The van der Waals surface area contributed by atoms with Crippen molar-refractivity contribution in [3.8, 4) is 0 Å². The van der Waals surface area contributed by atoms with E-state index < -0.39 is 23.6 Å². The SMILES string of the molecule is CC(C)CC(C)(C(C)C)C(C)OC1C2CC3C1OC(O)C3(C(O)OC(C)(C)C13CC4CC(CC(C4)C1)C3)C2. The van der Waals surface area contributed by atoms with Gasteiger partial charge in [0.1, 0.15) is 0 Å². The lowest BCUT2D eigenvalue weighted by atomic mass is 9.46. The highest BCUT2D eigenvalue weighted by Gasteiger charge is 2.73. The highest BCUT2D eigenvalue weighted by atomic mass is 16.7. The molecular weight excluding hydrogens is 476 g/mol. The quantitative estimate of drug-likeness (QED) is 0.313. The number of aliphatic hydroxyl groups excluding tert-OH is 2. The molecule has 5 heteroatoms. The molecular formula is C33H56O5. The van der Waals surface area contributed by atoms with Crippen LogP contribution in [0.5, 0.6) is 0 Å². The van der Waals surface area contributed by atoms with Crippen LogP contribution in [0.2, 0.25) is 0 Å². The summed E-state index contributed by atoms with van der Waals surface area (Å²) in [5.41, 5.74) is -0.928. The van der Waals surface area contributed by atoms with Gasteiger partial charge in [0.05, 0.1) is 29.3 Å². The van der Waals surface area contributed by atoms with E-state index in [2.05, 4.69) is 55.4 Å². The summed E-state index contributed by atoms with van der Waals surface area (Å²) < 4.78 is 19.9. The molecule has 38 heavy (non-hydrogen) atoms. The largest absolute Gasteiger partial charge is 0.372 e. The van der Waals surface area contributed by atoms with Gasteiger partial charge in [-0.1, -0.05) is 34.6 Å². The van der Waals surface area contributed by atoms with Crippen molar-refractivity contribution < 1.29 is 24.4 Å². The van der Waals surface area contributed by atoms with Crippen LogP contribution in [0.4, 0.5) is 0 Å². The Hall–Kier alpha value is -0.200. The molecule has 0 radical (unpaired) electrons. The number of hydrogen-bond acceptors (Lipinski definition) is 5. The van der Waals surface area contributed by atoms with Crippen molar-refractivity contribution in [3.05, 3.63) is 0 Å². The minimum Gasteiger partial charge on any atom is -0.372 e. The first kappa shape index (κ1) is 27.9. The van der Waals surface area contributed by atoms with Crippen LogP contribution in [0.3, 0.4) is 0 Å². The van der Waals surface area contributed by atoms with Crippen molar-refractivity contribution in [2.75, 3.05) is 0 Å². The molecule has 1 aliphatic heterocycles.